The number of nitrogens with zero attached hydrogens (tertiary/aromatic N) is 2. The molecule has 5 heteroatoms. The molecular weight excluding hydrogens is 302 g/mol. The monoisotopic (exact) mass is 327 g/mol. The van der Waals surface area contributed by atoms with Crippen LogP contribution in [0.25, 0.3) is 0 Å². The summed E-state index contributed by atoms with van der Waals surface area (Å²) >= 11 is 0. The van der Waals surface area contributed by atoms with E-state index in [2.05, 4.69) is 36.1 Å². The highest BCUT2D eigenvalue weighted by Crippen LogP contribution is 2.17. The van der Waals surface area contributed by atoms with Gasteiger partial charge in [0.2, 0.25) is 0 Å². The lowest BCUT2D eigenvalue weighted by molar-refractivity contribution is 0.0760. The molecule has 0 aliphatic carbocycles. The van der Waals surface area contributed by atoms with Crippen LogP contribution in [-0.2, 0) is 13.1 Å². The van der Waals surface area contributed by atoms with Gasteiger partial charge in [0, 0.05) is 32.2 Å². The van der Waals surface area contributed by atoms with Gasteiger partial charge in [-0.2, -0.15) is 0 Å². The van der Waals surface area contributed by atoms with Crippen LogP contribution in [0, 0.1) is 0 Å². The number of benzene rings is 1. The zero-order valence-electron chi connectivity index (χ0n) is 14.1. The van der Waals surface area contributed by atoms with Gasteiger partial charge in [-0.3, -0.25) is 9.69 Å². The van der Waals surface area contributed by atoms with E-state index in [0.717, 1.165) is 32.6 Å². The van der Waals surface area contributed by atoms with Gasteiger partial charge in [0.05, 0.1) is 12.1 Å². The highest BCUT2D eigenvalue weighted by molar-refractivity contribution is 5.94. The van der Waals surface area contributed by atoms with E-state index in [1.807, 2.05) is 11.0 Å². The van der Waals surface area contributed by atoms with E-state index in [9.17, 15) is 4.79 Å². The first-order valence-corrected chi connectivity index (χ1v) is 8.52. The van der Waals surface area contributed by atoms with E-state index in [1.165, 1.54) is 11.8 Å². The summed E-state index contributed by atoms with van der Waals surface area (Å²) in [6, 6.07) is 12.7. The molecule has 5 nitrogen and oxygen atoms in total. The van der Waals surface area contributed by atoms with Gasteiger partial charge < -0.3 is 15.1 Å². The molecule has 1 saturated heterocycles. The largest absolute Gasteiger partial charge is 0.467 e. The quantitative estimate of drug-likeness (QED) is 0.937. The molecule has 1 aromatic carbocycles. The smallest absolute Gasteiger partial charge is 0.257 e. The fraction of sp³-hybridized carbons (Fsp3) is 0.421. The van der Waals surface area contributed by atoms with Crippen LogP contribution in [0.5, 0.6) is 0 Å². The summed E-state index contributed by atoms with van der Waals surface area (Å²) in [5.74, 6) is 0.680. The number of carbonyl (C=O) groups excluding carboxylic acids is 1. The minimum atomic E-state index is 0.0345. The van der Waals surface area contributed by atoms with Gasteiger partial charge in [-0.25, -0.2) is 0 Å². The summed E-state index contributed by atoms with van der Waals surface area (Å²) in [6.45, 7) is 5.86. The Morgan fingerprint density at radius 1 is 1.25 bits per heavy atom. The van der Waals surface area contributed by atoms with E-state index >= 15 is 0 Å². The minimum Gasteiger partial charge on any atom is -0.467 e. The van der Waals surface area contributed by atoms with Gasteiger partial charge in [-0.15, -0.1) is 0 Å². The highest BCUT2D eigenvalue weighted by atomic mass is 16.3. The van der Waals surface area contributed by atoms with Gasteiger partial charge >= 0.3 is 0 Å². The Kier molecular flexibility index (Phi) is 5.33. The molecule has 1 fully saturated rings. The molecule has 1 amide bonds. The molecule has 0 saturated carbocycles. The lowest BCUT2D eigenvalue weighted by atomic mass is 10.1. The van der Waals surface area contributed by atoms with Crippen LogP contribution in [0.15, 0.2) is 47.1 Å². The van der Waals surface area contributed by atoms with Crippen LogP contribution in [0.1, 0.15) is 35.0 Å². The van der Waals surface area contributed by atoms with Crippen molar-refractivity contribution in [2.75, 3.05) is 19.6 Å². The zero-order valence-corrected chi connectivity index (χ0v) is 14.1. The van der Waals surface area contributed by atoms with Gasteiger partial charge in [-0.1, -0.05) is 30.3 Å². The van der Waals surface area contributed by atoms with Crippen molar-refractivity contribution in [2.45, 2.75) is 32.5 Å². The Bertz CT molecular complexity index is 668. The Morgan fingerprint density at radius 2 is 2.04 bits per heavy atom. The molecule has 128 valence electrons. The predicted molar refractivity (Wildman–Crippen MR) is 93.4 cm³/mol. The van der Waals surface area contributed by atoms with Crippen LogP contribution in [0.3, 0.4) is 0 Å². The molecule has 1 aliphatic rings. The van der Waals surface area contributed by atoms with Gasteiger partial charge in [-0.05, 0) is 25.0 Å². The van der Waals surface area contributed by atoms with E-state index in [0.29, 0.717) is 23.9 Å². The van der Waals surface area contributed by atoms with Gasteiger partial charge in [0.25, 0.3) is 5.91 Å². The Hall–Kier alpha value is -2.11. The molecule has 24 heavy (non-hydrogen) atoms. The van der Waals surface area contributed by atoms with E-state index in [4.69, 9.17) is 10.2 Å². The second kappa shape index (κ2) is 7.64. The average Bonchev–Trinajstić information content (AvgIpc) is 3.02. The van der Waals surface area contributed by atoms with Crippen LogP contribution in [-0.4, -0.2) is 41.4 Å². The molecule has 1 atom stereocenters. The van der Waals surface area contributed by atoms with Crippen molar-refractivity contribution in [1.29, 1.82) is 0 Å². The standard InChI is InChI=1S/C19H25N3O2/c1-15-7-8-21(19(23)17-11-18(12-20)24-14-17)9-10-22(15)13-16-5-3-2-4-6-16/h2-6,11,14-15H,7-10,12-13,20H2,1H3. The molecule has 0 spiro atoms. The summed E-state index contributed by atoms with van der Waals surface area (Å²) in [5.41, 5.74) is 7.46. The molecule has 1 aliphatic heterocycles. The Balaban J connectivity index is 1.64. The summed E-state index contributed by atoms with van der Waals surface area (Å²) in [4.78, 5) is 17.0. The summed E-state index contributed by atoms with van der Waals surface area (Å²) in [7, 11) is 0. The summed E-state index contributed by atoms with van der Waals surface area (Å²) < 4.78 is 5.30. The lowest BCUT2D eigenvalue weighted by Crippen LogP contribution is -2.36. The maximum absolute atomic E-state index is 12.7. The van der Waals surface area contributed by atoms with E-state index in [-0.39, 0.29) is 5.91 Å². The topological polar surface area (TPSA) is 62.7 Å². The molecule has 1 aromatic heterocycles. The van der Waals surface area contributed by atoms with Crippen LogP contribution >= 0.6 is 0 Å². The lowest BCUT2D eigenvalue weighted by Gasteiger charge is -2.26. The maximum Gasteiger partial charge on any atom is 0.257 e. The molecule has 0 bridgehead atoms. The number of carbonyl (C=O) groups is 1. The molecule has 0 radical (unpaired) electrons. The van der Waals surface area contributed by atoms with Crippen molar-refractivity contribution in [2.24, 2.45) is 5.73 Å². The normalized spacial score (nSPS) is 19.2. The molecule has 2 aromatic rings. The van der Waals surface area contributed by atoms with Crippen molar-refractivity contribution in [1.82, 2.24) is 9.80 Å². The third kappa shape index (κ3) is 3.86. The first kappa shape index (κ1) is 16.7. The van der Waals surface area contributed by atoms with Crippen molar-refractivity contribution < 1.29 is 9.21 Å². The fourth-order valence-electron chi connectivity index (χ4n) is 3.14. The Morgan fingerprint density at radius 3 is 2.75 bits per heavy atom. The SMILES string of the molecule is CC1CCN(C(=O)c2coc(CN)c2)CCN1Cc1ccccc1. The van der Waals surface area contributed by atoms with Crippen LogP contribution in [0.2, 0.25) is 0 Å². The number of rotatable bonds is 4. The maximum atomic E-state index is 12.7. The third-order valence-electron chi connectivity index (χ3n) is 4.71. The van der Waals surface area contributed by atoms with Crippen molar-refractivity contribution in [3.63, 3.8) is 0 Å². The molecular formula is C19H25N3O2. The number of nitrogens with two attached hydrogens (primary N) is 1. The van der Waals surface area contributed by atoms with Crippen molar-refractivity contribution in [3.05, 3.63) is 59.5 Å². The summed E-state index contributed by atoms with van der Waals surface area (Å²) in [5, 5.41) is 0. The predicted octanol–water partition coefficient (Wildman–Crippen LogP) is 2.47. The molecule has 1 unspecified atom stereocenters. The number of hydrogen-bond donors (Lipinski definition) is 1. The van der Waals surface area contributed by atoms with Crippen molar-refractivity contribution >= 4 is 5.91 Å². The van der Waals surface area contributed by atoms with E-state index in [1.54, 1.807) is 6.07 Å². The molecule has 3 rings (SSSR count). The second-order valence-electron chi connectivity index (χ2n) is 6.39. The van der Waals surface area contributed by atoms with Gasteiger partial charge in [0.15, 0.2) is 0 Å². The van der Waals surface area contributed by atoms with E-state index < -0.39 is 0 Å². The fourth-order valence-corrected chi connectivity index (χ4v) is 3.14. The van der Waals surface area contributed by atoms with Crippen LogP contribution < -0.4 is 5.73 Å². The van der Waals surface area contributed by atoms with Crippen LogP contribution in [0.4, 0.5) is 0 Å². The minimum absolute atomic E-state index is 0.0345. The first-order chi connectivity index (χ1) is 11.7. The number of amides is 1. The second-order valence-corrected chi connectivity index (χ2v) is 6.39. The highest BCUT2D eigenvalue weighted by Gasteiger charge is 2.25. The molecule has 2 N–H and O–H groups in total. The average molecular weight is 327 g/mol. The molecule has 2 heterocycles. The third-order valence-corrected chi connectivity index (χ3v) is 4.71. The first-order valence-electron chi connectivity index (χ1n) is 8.52. The number of hydrogen-bond acceptors (Lipinski definition) is 4. The van der Waals surface area contributed by atoms with Crippen molar-refractivity contribution in [3.8, 4) is 0 Å². The summed E-state index contributed by atoms with van der Waals surface area (Å²) in [6.07, 6.45) is 2.49. The van der Waals surface area contributed by atoms with Gasteiger partial charge in [0.1, 0.15) is 12.0 Å². The zero-order chi connectivity index (χ0) is 16.9. The number of furan rings is 1. The Labute approximate surface area is 143 Å².